The SMILES string of the molecule is O=C(CSC(=S)N1CCCC1)NNC(=O)c1cccc([N+](=O)[O-])c1. The maximum absolute atomic E-state index is 11.9. The molecule has 10 heteroatoms. The summed E-state index contributed by atoms with van der Waals surface area (Å²) in [5, 5.41) is 10.7. The van der Waals surface area contributed by atoms with Gasteiger partial charge in [-0.3, -0.25) is 30.6 Å². The molecule has 0 aromatic heterocycles. The minimum Gasteiger partial charge on any atom is -0.358 e. The summed E-state index contributed by atoms with van der Waals surface area (Å²) in [4.78, 5) is 35.8. The van der Waals surface area contributed by atoms with Crippen LogP contribution in [0.1, 0.15) is 23.2 Å². The van der Waals surface area contributed by atoms with Gasteiger partial charge in [0.2, 0.25) is 5.91 Å². The lowest BCUT2D eigenvalue weighted by molar-refractivity contribution is -0.384. The Balaban J connectivity index is 1.76. The molecule has 2 rings (SSSR count). The third-order valence-corrected chi connectivity index (χ3v) is 4.85. The molecule has 2 amide bonds. The first-order valence-corrected chi connectivity index (χ1v) is 8.62. The van der Waals surface area contributed by atoms with Crippen molar-refractivity contribution in [1.29, 1.82) is 0 Å². The fourth-order valence-corrected chi connectivity index (χ4v) is 3.16. The first kappa shape index (κ1) is 18.1. The Bertz CT molecular complexity index is 662. The highest BCUT2D eigenvalue weighted by Crippen LogP contribution is 2.16. The number of thiocarbonyl (C=S) groups is 1. The van der Waals surface area contributed by atoms with Gasteiger partial charge in [0.1, 0.15) is 4.32 Å². The van der Waals surface area contributed by atoms with Crippen LogP contribution in [0.2, 0.25) is 0 Å². The number of hydrazine groups is 1. The minimum atomic E-state index is -0.626. The van der Waals surface area contributed by atoms with Crippen molar-refractivity contribution in [2.45, 2.75) is 12.8 Å². The van der Waals surface area contributed by atoms with Gasteiger partial charge >= 0.3 is 0 Å². The standard InChI is InChI=1S/C14H16N4O4S2/c19-12(9-24-14(23)17-6-1-2-7-17)15-16-13(20)10-4-3-5-11(8-10)18(21)22/h3-5,8H,1-2,6-7,9H2,(H,15,19)(H,16,20). The molecule has 0 unspecified atom stereocenters. The molecule has 0 aliphatic carbocycles. The quantitative estimate of drug-likeness (QED) is 0.471. The highest BCUT2D eigenvalue weighted by Gasteiger charge is 2.17. The van der Waals surface area contributed by atoms with Gasteiger partial charge in [-0.2, -0.15) is 0 Å². The van der Waals surface area contributed by atoms with Gasteiger partial charge in [-0.05, 0) is 18.9 Å². The van der Waals surface area contributed by atoms with Crippen LogP contribution in [-0.4, -0.2) is 44.8 Å². The second-order valence-electron chi connectivity index (χ2n) is 5.06. The number of non-ortho nitro benzene ring substituents is 1. The number of nitrogens with zero attached hydrogens (tertiary/aromatic N) is 2. The van der Waals surface area contributed by atoms with Crippen LogP contribution in [-0.2, 0) is 4.79 Å². The molecular weight excluding hydrogens is 352 g/mol. The van der Waals surface area contributed by atoms with Crippen LogP contribution in [0.3, 0.4) is 0 Å². The maximum Gasteiger partial charge on any atom is 0.270 e. The van der Waals surface area contributed by atoms with E-state index in [4.69, 9.17) is 12.2 Å². The number of likely N-dealkylation sites (tertiary alicyclic amines) is 1. The third kappa shape index (κ3) is 5.17. The monoisotopic (exact) mass is 368 g/mol. The van der Waals surface area contributed by atoms with Crippen LogP contribution in [0.5, 0.6) is 0 Å². The Morgan fingerprint density at radius 2 is 2.00 bits per heavy atom. The van der Waals surface area contributed by atoms with Crippen LogP contribution in [0.4, 0.5) is 5.69 Å². The minimum absolute atomic E-state index is 0.0877. The highest BCUT2D eigenvalue weighted by molar-refractivity contribution is 8.23. The van der Waals surface area contributed by atoms with E-state index in [1.54, 1.807) is 0 Å². The van der Waals surface area contributed by atoms with Gasteiger partial charge in [-0.15, -0.1) is 0 Å². The first-order chi connectivity index (χ1) is 11.5. The Morgan fingerprint density at radius 1 is 1.29 bits per heavy atom. The molecule has 0 atom stereocenters. The third-order valence-electron chi connectivity index (χ3n) is 3.33. The predicted octanol–water partition coefficient (Wildman–Crippen LogP) is 1.47. The fraction of sp³-hybridized carbons (Fsp3) is 0.357. The van der Waals surface area contributed by atoms with Gasteiger partial charge in [-0.1, -0.05) is 30.0 Å². The van der Waals surface area contributed by atoms with Crippen molar-refractivity contribution in [3.8, 4) is 0 Å². The summed E-state index contributed by atoms with van der Waals surface area (Å²) in [5.74, 6) is -0.940. The summed E-state index contributed by atoms with van der Waals surface area (Å²) in [7, 11) is 0. The van der Waals surface area contributed by atoms with E-state index >= 15 is 0 Å². The van der Waals surface area contributed by atoms with Gasteiger partial charge in [0, 0.05) is 30.8 Å². The van der Waals surface area contributed by atoms with Crippen molar-refractivity contribution in [2.24, 2.45) is 0 Å². The number of hydrogen-bond acceptors (Lipinski definition) is 6. The van der Waals surface area contributed by atoms with E-state index < -0.39 is 16.7 Å². The second-order valence-corrected chi connectivity index (χ2v) is 6.67. The summed E-state index contributed by atoms with van der Waals surface area (Å²) < 4.78 is 0.674. The largest absolute Gasteiger partial charge is 0.358 e. The van der Waals surface area contributed by atoms with Crippen molar-refractivity contribution in [2.75, 3.05) is 18.8 Å². The smallest absolute Gasteiger partial charge is 0.270 e. The van der Waals surface area contributed by atoms with Crippen molar-refractivity contribution < 1.29 is 14.5 Å². The number of hydrogen-bond donors (Lipinski definition) is 2. The molecule has 1 aliphatic rings. The molecule has 1 aromatic rings. The Kier molecular flexibility index (Phi) is 6.50. The fourth-order valence-electron chi connectivity index (χ4n) is 2.11. The molecule has 0 saturated carbocycles. The Morgan fingerprint density at radius 3 is 2.67 bits per heavy atom. The molecule has 1 aliphatic heterocycles. The molecule has 128 valence electrons. The number of nitro benzene ring substituents is 1. The lowest BCUT2D eigenvalue weighted by atomic mass is 10.2. The number of nitro groups is 1. The average Bonchev–Trinajstić information content (AvgIpc) is 3.12. The van der Waals surface area contributed by atoms with Gasteiger partial charge in [0.25, 0.3) is 11.6 Å². The summed E-state index contributed by atoms with van der Waals surface area (Å²) in [6.45, 7) is 1.83. The number of amides is 2. The van der Waals surface area contributed by atoms with Crippen molar-refractivity contribution in [3.05, 3.63) is 39.9 Å². The molecule has 8 nitrogen and oxygen atoms in total. The van der Waals surface area contributed by atoms with E-state index in [1.807, 2.05) is 0 Å². The Labute approximate surface area is 148 Å². The van der Waals surface area contributed by atoms with E-state index in [-0.39, 0.29) is 17.0 Å². The first-order valence-electron chi connectivity index (χ1n) is 7.22. The maximum atomic E-state index is 11.9. The highest BCUT2D eigenvalue weighted by atomic mass is 32.2. The molecule has 0 bridgehead atoms. The van der Waals surface area contributed by atoms with E-state index in [0.717, 1.165) is 32.0 Å². The number of thioether (sulfide) groups is 1. The topological polar surface area (TPSA) is 105 Å². The zero-order valence-electron chi connectivity index (χ0n) is 12.7. The predicted molar refractivity (Wildman–Crippen MR) is 94.6 cm³/mol. The number of carbonyl (C=O) groups is 2. The lowest BCUT2D eigenvalue weighted by Gasteiger charge is -2.17. The molecule has 1 aromatic carbocycles. The molecule has 24 heavy (non-hydrogen) atoms. The molecule has 1 saturated heterocycles. The molecule has 0 radical (unpaired) electrons. The van der Waals surface area contributed by atoms with E-state index in [2.05, 4.69) is 15.8 Å². The number of nitrogens with one attached hydrogen (secondary N) is 2. The molecule has 0 spiro atoms. The van der Waals surface area contributed by atoms with Crippen LogP contribution in [0, 0.1) is 10.1 Å². The summed E-state index contributed by atoms with van der Waals surface area (Å²) in [5.41, 5.74) is 4.39. The molecular formula is C14H16N4O4S2. The van der Waals surface area contributed by atoms with Crippen molar-refractivity contribution in [1.82, 2.24) is 15.8 Å². The van der Waals surface area contributed by atoms with E-state index in [0.29, 0.717) is 4.32 Å². The van der Waals surface area contributed by atoms with Gasteiger partial charge in [0.05, 0.1) is 10.7 Å². The van der Waals surface area contributed by atoms with Crippen LogP contribution >= 0.6 is 24.0 Å². The summed E-state index contributed by atoms with van der Waals surface area (Å²) in [6, 6.07) is 5.25. The lowest BCUT2D eigenvalue weighted by Crippen LogP contribution is -2.42. The molecule has 2 N–H and O–H groups in total. The van der Waals surface area contributed by atoms with E-state index in [9.17, 15) is 19.7 Å². The van der Waals surface area contributed by atoms with Crippen LogP contribution in [0.15, 0.2) is 24.3 Å². The van der Waals surface area contributed by atoms with Crippen molar-refractivity contribution in [3.63, 3.8) is 0 Å². The number of carbonyl (C=O) groups excluding carboxylic acids is 2. The summed E-state index contributed by atoms with van der Waals surface area (Å²) in [6.07, 6.45) is 2.21. The number of rotatable bonds is 4. The van der Waals surface area contributed by atoms with E-state index in [1.165, 1.54) is 30.0 Å². The molecule has 1 fully saturated rings. The normalized spacial score (nSPS) is 13.4. The van der Waals surface area contributed by atoms with Crippen LogP contribution < -0.4 is 10.9 Å². The van der Waals surface area contributed by atoms with Gasteiger partial charge < -0.3 is 4.90 Å². The van der Waals surface area contributed by atoms with Crippen molar-refractivity contribution >= 4 is 45.8 Å². The zero-order chi connectivity index (χ0) is 17.5. The summed E-state index contributed by atoms with van der Waals surface area (Å²) >= 11 is 6.48. The number of benzene rings is 1. The zero-order valence-corrected chi connectivity index (χ0v) is 14.3. The van der Waals surface area contributed by atoms with Gasteiger partial charge in [-0.25, -0.2) is 0 Å². The van der Waals surface area contributed by atoms with Gasteiger partial charge in [0.15, 0.2) is 0 Å². The Hall–Kier alpha value is -2.20. The second kappa shape index (κ2) is 8.60. The van der Waals surface area contributed by atoms with Crippen LogP contribution in [0.25, 0.3) is 0 Å². The average molecular weight is 368 g/mol. The molecule has 1 heterocycles.